The highest BCUT2D eigenvalue weighted by atomic mass is 32.2. The standard InChI is InChI=1S/C17H17N5OS/c1-11-9-12(2)15(13(3)10-11)18-17(23)24-16-19-20-21-22(16)14-7-5-4-6-8-14/h4-10H,1-3H3,(H,18,23). The summed E-state index contributed by atoms with van der Waals surface area (Å²) in [5.74, 6) is 0. The maximum Gasteiger partial charge on any atom is 0.291 e. The van der Waals surface area contributed by atoms with Crippen LogP contribution in [0.2, 0.25) is 0 Å². The summed E-state index contributed by atoms with van der Waals surface area (Å²) >= 11 is 0.965. The Balaban J connectivity index is 1.79. The zero-order valence-electron chi connectivity index (χ0n) is 13.6. The number of aryl methyl sites for hydroxylation is 3. The highest BCUT2D eigenvalue weighted by Crippen LogP contribution is 2.25. The minimum absolute atomic E-state index is 0.225. The van der Waals surface area contributed by atoms with Crippen LogP contribution < -0.4 is 5.32 Å². The van der Waals surface area contributed by atoms with Crippen molar-refractivity contribution in [2.24, 2.45) is 0 Å². The zero-order valence-corrected chi connectivity index (χ0v) is 14.5. The van der Waals surface area contributed by atoms with Crippen LogP contribution in [0.4, 0.5) is 10.5 Å². The van der Waals surface area contributed by atoms with Crippen LogP contribution in [0.25, 0.3) is 5.69 Å². The van der Waals surface area contributed by atoms with Gasteiger partial charge < -0.3 is 5.32 Å². The van der Waals surface area contributed by atoms with Crippen molar-refractivity contribution in [1.29, 1.82) is 0 Å². The second kappa shape index (κ2) is 6.84. The van der Waals surface area contributed by atoms with Gasteiger partial charge in [-0.25, -0.2) is 0 Å². The molecule has 7 heteroatoms. The highest BCUT2D eigenvalue weighted by Gasteiger charge is 2.15. The van der Waals surface area contributed by atoms with Gasteiger partial charge >= 0.3 is 0 Å². The Labute approximate surface area is 144 Å². The molecule has 1 aromatic heterocycles. The van der Waals surface area contributed by atoms with Crippen LogP contribution in [0.5, 0.6) is 0 Å². The van der Waals surface area contributed by atoms with Gasteiger partial charge in [-0.3, -0.25) is 4.79 Å². The Morgan fingerprint density at radius 3 is 2.42 bits per heavy atom. The first kappa shape index (κ1) is 16.2. The molecule has 0 saturated carbocycles. The Bertz CT molecular complexity index is 853. The first-order valence-electron chi connectivity index (χ1n) is 7.45. The summed E-state index contributed by atoms with van der Waals surface area (Å²) < 4.78 is 1.54. The van der Waals surface area contributed by atoms with Crippen molar-refractivity contribution < 1.29 is 4.79 Å². The second-order valence-corrected chi connectivity index (χ2v) is 6.44. The smallest absolute Gasteiger partial charge is 0.291 e. The Hall–Kier alpha value is -2.67. The van der Waals surface area contributed by atoms with Crippen LogP contribution in [-0.4, -0.2) is 25.4 Å². The van der Waals surface area contributed by atoms with E-state index in [9.17, 15) is 4.79 Å². The van der Waals surface area contributed by atoms with Crippen molar-refractivity contribution in [1.82, 2.24) is 20.2 Å². The zero-order chi connectivity index (χ0) is 17.1. The highest BCUT2D eigenvalue weighted by molar-refractivity contribution is 8.13. The third kappa shape index (κ3) is 3.46. The number of thioether (sulfide) groups is 1. The fourth-order valence-electron chi connectivity index (χ4n) is 2.56. The number of carbonyl (C=O) groups is 1. The summed E-state index contributed by atoms with van der Waals surface area (Å²) in [4.78, 5) is 12.4. The predicted octanol–water partition coefficient (Wildman–Crippen LogP) is 3.91. The quantitative estimate of drug-likeness (QED) is 0.732. The van der Waals surface area contributed by atoms with Gasteiger partial charge in [0.15, 0.2) is 0 Å². The van der Waals surface area contributed by atoms with Crippen molar-refractivity contribution in [3.63, 3.8) is 0 Å². The number of carbonyl (C=O) groups excluding carboxylic acids is 1. The summed E-state index contributed by atoms with van der Waals surface area (Å²) in [6.07, 6.45) is 0. The molecule has 1 heterocycles. The van der Waals surface area contributed by atoms with Gasteiger partial charge in [-0.15, -0.1) is 5.10 Å². The molecule has 3 aromatic rings. The molecule has 0 radical (unpaired) electrons. The summed E-state index contributed by atoms with van der Waals surface area (Å²) in [5, 5.41) is 14.7. The fourth-order valence-corrected chi connectivity index (χ4v) is 3.19. The Morgan fingerprint density at radius 1 is 1.08 bits per heavy atom. The molecule has 0 bridgehead atoms. The van der Waals surface area contributed by atoms with E-state index in [1.807, 2.05) is 63.2 Å². The van der Waals surface area contributed by atoms with Crippen LogP contribution in [0.3, 0.4) is 0 Å². The largest absolute Gasteiger partial charge is 0.316 e. The van der Waals surface area contributed by atoms with E-state index in [0.717, 1.165) is 34.3 Å². The Morgan fingerprint density at radius 2 is 1.75 bits per heavy atom. The fraction of sp³-hybridized carbons (Fsp3) is 0.176. The first-order valence-corrected chi connectivity index (χ1v) is 8.27. The molecular formula is C17H17N5OS. The molecule has 0 atom stereocenters. The van der Waals surface area contributed by atoms with E-state index in [4.69, 9.17) is 0 Å². The third-order valence-corrected chi connectivity index (χ3v) is 4.25. The van der Waals surface area contributed by atoms with Crippen molar-refractivity contribution in [3.8, 4) is 5.69 Å². The average Bonchev–Trinajstić information content (AvgIpc) is 3.00. The maximum absolute atomic E-state index is 12.4. The number of aromatic nitrogens is 4. The van der Waals surface area contributed by atoms with Gasteiger partial charge in [-0.05, 0) is 54.5 Å². The van der Waals surface area contributed by atoms with Gasteiger partial charge in [0.1, 0.15) is 0 Å². The molecule has 0 fully saturated rings. The second-order valence-electron chi connectivity index (χ2n) is 5.50. The number of amides is 1. The van der Waals surface area contributed by atoms with Gasteiger partial charge in [0, 0.05) is 17.4 Å². The number of benzene rings is 2. The third-order valence-electron chi connectivity index (χ3n) is 3.53. The number of para-hydroxylation sites is 1. The molecule has 3 rings (SSSR count). The van der Waals surface area contributed by atoms with Gasteiger partial charge in [0.05, 0.1) is 5.69 Å². The minimum Gasteiger partial charge on any atom is -0.316 e. The monoisotopic (exact) mass is 339 g/mol. The molecule has 2 aromatic carbocycles. The number of nitrogens with zero attached hydrogens (tertiary/aromatic N) is 4. The lowest BCUT2D eigenvalue weighted by atomic mass is 10.1. The summed E-state index contributed by atoms with van der Waals surface area (Å²) in [6, 6.07) is 13.5. The average molecular weight is 339 g/mol. The molecule has 1 N–H and O–H groups in total. The number of nitrogens with one attached hydrogen (secondary N) is 1. The number of tetrazole rings is 1. The lowest BCUT2D eigenvalue weighted by Crippen LogP contribution is -2.10. The number of rotatable bonds is 3. The molecule has 24 heavy (non-hydrogen) atoms. The van der Waals surface area contributed by atoms with E-state index in [1.54, 1.807) is 4.68 Å². The van der Waals surface area contributed by atoms with Gasteiger partial charge in [-0.1, -0.05) is 35.9 Å². The number of anilines is 1. The van der Waals surface area contributed by atoms with E-state index in [1.165, 1.54) is 5.56 Å². The maximum atomic E-state index is 12.4. The molecule has 1 amide bonds. The van der Waals surface area contributed by atoms with Gasteiger partial charge in [0.2, 0.25) is 5.16 Å². The van der Waals surface area contributed by atoms with E-state index >= 15 is 0 Å². The molecule has 0 saturated heterocycles. The van der Waals surface area contributed by atoms with E-state index in [2.05, 4.69) is 20.8 Å². The molecule has 0 spiro atoms. The summed E-state index contributed by atoms with van der Waals surface area (Å²) in [5.41, 5.74) is 4.87. The first-order chi connectivity index (χ1) is 11.5. The van der Waals surface area contributed by atoms with Crippen LogP contribution in [-0.2, 0) is 0 Å². The summed E-state index contributed by atoms with van der Waals surface area (Å²) in [7, 11) is 0. The molecular weight excluding hydrogens is 322 g/mol. The van der Waals surface area contributed by atoms with E-state index in [-0.39, 0.29) is 5.24 Å². The van der Waals surface area contributed by atoms with Gasteiger partial charge in [0.25, 0.3) is 5.24 Å². The van der Waals surface area contributed by atoms with Crippen LogP contribution >= 0.6 is 11.8 Å². The minimum atomic E-state index is -0.225. The van der Waals surface area contributed by atoms with Crippen molar-refractivity contribution >= 4 is 22.7 Å². The SMILES string of the molecule is Cc1cc(C)c(NC(=O)Sc2nnnn2-c2ccccc2)c(C)c1. The normalized spacial score (nSPS) is 10.6. The predicted molar refractivity (Wildman–Crippen MR) is 94.7 cm³/mol. The lowest BCUT2D eigenvalue weighted by Gasteiger charge is -2.12. The molecule has 0 aliphatic rings. The lowest BCUT2D eigenvalue weighted by molar-refractivity contribution is 0.269. The van der Waals surface area contributed by atoms with Crippen LogP contribution in [0.15, 0.2) is 47.6 Å². The van der Waals surface area contributed by atoms with Gasteiger partial charge in [-0.2, -0.15) is 4.68 Å². The molecule has 0 unspecified atom stereocenters. The van der Waals surface area contributed by atoms with Crippen molar-refractivity contribution in [2.45, 2.75) is 25.9 Å². The molecule has 0 aliphatic carbocycles. The molecule has 0 aliphatic heterocycles. The van der Waals surface area contributed by atoms with E-state index < -0.39 is 0 Å². The van der Waals surface area contributed by atoms with Crippen LogP contribution in [0, 0.1) is 20.8 Å². The number of hydrogen-bond donors (Lipinski definition) is 1. The molecule has 122 valence electrons. The van der Waals surface area contributed by atoms with E-state index in [0.29, 0.717) is 5.16 Å². The van der Waals surface area contributed by atoms with Crippen LogP contribution in [0.1, 0.15) is 16.7 Å². The van der Waals surface area contributed by atoms with Crippen molar-refractivity contribution in [3.05, 3.63) is 59.2 Å². The molecule has 6 nitrogen and oxygen atoms in total. The Kier molecular flexibility index (Phi) is 4.61. The number of hydrogen-bond acceptors (Lipinski definition) is 5. The summed E-state index contributed by atoms with van der Waals surface area (Å²) in [6.45, 7) is 6.00. The van der Waals surface area contributed by atoms with Crippen molar-refractivity contribution in [2.75, 3.05) is 5.32 Å². The topological polar surface area (TPSA) is 72.7 Å².